The van der Waals surface area contributed by atoms with E-state index in [1.54, 1.807) is 30.6 Å². The molecule has 0 spiro atoms. The minimum absolute atomic E-state index is 0.0174. The number of carboxylic acid groups (broad SMARTS) is 1. The van der Waals surface area contributed by atoms with E-state index in [4.69, 9.17) is 0 Å². The Morgan fingerprint density at radius 3 is 2.41 bits per heavy atom. The maximum Gasteiger partial charge on any atom is 0.336 e. The standard InChI is InChI=1S/C17H11NO3S/c19-16(12-5-1-2-6-13(12)17(20)21)15-8-7-14(22-15)11-4-3-9-18-10-11/h1-10H,(H,20,21). The van der Waals surface area contributed by atoms with Gasteiger partial charge in [0.15, 0.2) is 0 Å². The predicted octanol–water partition coefficient (Wildman–Crippen LogP) is 3.74. The molecule has 22 heavy (non-hydrogen) atoms. The Morgan fingerprint density at radius 2 is 1.73 bits per heavy atom. The minimum Gasteiger partial charge on any atom is -0.478 e. The van der Waals surface area contributed by atoms with E-state index in [0.29, 0.717) is 4.88 Å². The Balaban J connectivity index is 1.98. The summed E-state index contributed by atoms with van der Waals surface area (Å²) in [6, 6.07) is 13.5. The van der Waals surface area contributed by atoms with Crippen molar-refractivity contribution in [2.75, 3.05) is 0 Å². The molecule has 0 saturated carbocycles. The van der Waals surface area contributed by atoms with Crippen LogP contribution in [-0.4, -0.2) is 21.8 Å². The quantitative estimate of drug-likeness (QED) is 0.745. The first-order valence-corrected chi connectivity index (χ1v) is 7.36. The fourth-order valence-corrected chi connectivity index (χ4v) is 3.07. The van der Waals surface area contributed by atoms with E-state index in [1.807, 2.05) is 18.2 Å². The zero-order valence-electron chi connectivity index (χ0n) is 11.4. The smallest absolute Gasteiger partial charge is 0.336 e. The topological polar surface area (TPSA) is 67.3 Å². The van der Waals surface area contributed by atoms with Gasteiger partial charge >= 0.3 is 5.97 Å². The first-order chi connectivity index (χ1) is 10.7. The number of rotatable bonds is 4. The third-order valence-electron chi connectivity index (χ3n) is 3.18. The monoisotopic (exact) mass is 309 g/mol. The highest BCUT2D eigenvalue weighted by Gasteiger charge is 2.19. The molecule has 0 amide bonds. The molecule has 0 fully saturated rings. The van der Waals surface area contributed by atoms with Gasteiger partial charge in [-0.1, -0.05) is 24.3 Å². The molecule has 2 aromatic heterocycles. The van der Waals surface area contributed by atoms with Crippen LogP contribution in [0.5, 0.6) is 0 Å². The number of aromatic carboxylic acids is 1. The van der Waals surface area contributed by atoms with Crippen LogP contribution in [0.25, 0.3) is 10.4 Å². The van der Waals surface area contributed by atoms with Crippen LogP contribution < -0.4 is 0 Å². The lowest BCUT2D eigenvalue weighted by molar-refractivity contribution is 0.0693. The number of ketones is 1. The van der Waals surface area contributed by atoms with Gasteiger partial charge < -0.3 is 5.11 Å². The fourth-order valence-electron chi connectivity index (χ4n) is 2.12. The van der Waals surface area contributed by atoms with Gasteiger partial charge in [-0.05, 0) is 24.3 Å². The highest BCUT2D eigenvalue weighted by Crippen LogP contribution is 2.29. The normalized spacial score (nSPS) is 10.4. The summed E-state index contributed by atoms with van der Waals surface area (Å²) < 4.78 is 0. The van der Waals surface area contributed by atoms with Gasteiger partial charge in [0.2, 0.25) is 5.78 Å². The number of carbonyl (C=O) groups is 2. The van der Waals surface area contributed by atoms with Gasteiger partial charge in [-0.15, -0.1) is 11.3 Å². The largest absolute Gasteiger partial charge is 0.478 e. The van der Waals surface area contributed by atoms with Crippen molar-refractivity contribution in [2.24, 2.45) is 0 Å². The van der Waals surface area contributed by atoms with E-state index in [2.05, 4.69) is 4.98 Å². The molecule has 3 rings (SSSR count). The molecule has 2 heterocycles. The summed E-state index contributed by atoms with van der Waals surface area (Å²) >= 11 is 1.33. The second-order valence-electron chi connectivity index (χ2n) is 4.59. The second kappa shape index (κ2) is 5.91. The number of thiophene rings is 1. The number of nitrogens with zero attached hydrogens (tertiary/aromatic N) is 1. The number of carbonyl (C=O) groups excluding carboxylic acids is 1. The zero-order valence-corrected chi connectivity index (χ0v) is 12.2. The van der Waals surface area contributed by atoms with Crippen LogP contribution in [0.1, 0.15) is 25.6 Å². The average molecular weight is 309 g/mol. The Bertz CT molecular complexity index is 840. The lowest BCUT2D eigenvalue weighted by Crippen LogP contribution is -2.08. The van der Waals surface area contributed by atoms with Crippen molar-refractivity contribution in [3.05, 3.63) is 76.9 Å². The van der Waals surface area contributed by atoms with E-state index in [-0.39, 0.29) is 16.9 Å². The second-order valence-corrected chi connectivity index (χ2v) is 5.67. The van der Waals surface area contributed by atoms with E-state index >= 15 is 0 Å². The minimum atomic E-state index is -1.10. The van der Waals surface area contributed by atoms with Crippen LogP contribution in [0.15, 0.2) is 60.9 Å². The summed E-state index contributed by atoms with van der Waals surface area (Å²) in [5.74, 6) is -1.38. The maximum absolute atomic E-state index is 12.5. The first kappa shape index (κ1) is 14.2. The van der Waals surface area contributed by atoms with Crippen LogP contribution in [-0.2, 0) is 0 Å². The Morgan fingerprint density at radius 1 is 0.955 bits per heavy atom. The molecule has 5 heteroatoms. The Hall–Kier alpha value is -2.79. The summed E-state index contributed by atoms with van der Waals surface area (Å²) in [6.07, 6.45) is 3.41. The summed E-state index contributed by atoms with van der Waals surface area (Å²) in [5, 5.41) is 9.19. The summed E-state index contributed by atoms with van der Waals surface area (Å²) in [7, 11) is 0. The van der Waals surface area contributed by atoms with Crippen LogP contribution >= 0.6 is 11.3 Å². The van der Waals surface area contributed by atoms with E-state index in [1.165, 1.54) is 23.5 Å². The van der Waals surface area contributed by atoms with Gasteiger partial charge in [-0.25, -0.2) is 4.79 Å². The average Bonchev–Trinajstić information content (AvgIpc) is 3.05. The van der Waals surface area contributed by atoms with Crippen LogP contribution in [0, 0.1) is 0 Å². The van der Waals surface area contributed by atoms with E-state index < -0.39 is 5.97 Å². The predicted molar refractivity (Wildman–Crippen MR) is 84.4 cm³/mol. The van der Waals surface area contributed by atoms with Gasteiger partial charge in [0.1, 0.15) is 0 Å². The van der Waals surface area contributed by atoms with Crippen molar-refractivity contribution >= 4 is 23.1 Å². The fraction of sp³-hybridized carbons (Fsp3) is 0. The number of carboxylic acids is 1. The lowest BCUT2D eigenvalue weighted by Gasteiger charge is -2.03. The van der Waals surface area contributed by atoms with Gasteiger partial charge in [0.05, 0.1) is 10.4 Å². The molecule has 0 saturated heterocycles. The van der Waals surface area contributed by atoms with Crippen molar-refractivity contribution in [2.45, 2.75) is 0 Å². The molecule has 0 aliphatic rings. The van der Waals surface area contributed by atoms with Crippen LogP contribution in [0.4, 0.5) is 0 Å². The summed E-state index contributed by atoms with van der Waals surface area (Å²) in [5.41, 5.74) is 1.15. The van der Waals surface area contributed by atoms with Crippen molar-refractivity contribution in [3.63, 3.8) is 0 Å². The maximum atomic E-state index is 12.5. The van der Waals surface area contributed by atoms with Crippen molar-refractivity contribution < 1.29 is 14.7 Å². The molecule has 1 aromatic carbocycles. The Labute approximate surface area is 130 Å². The van der Waals surface area contributed by atoms with Gasteiger partial charge in [-0.2, -0.15) is 0 Å². The molecule has 1 N–H and O–H groups in total. The molecule has 4 nitrogen and oxygen atoms in total. The van der Waals surface area contributed by atoms with Gasteiger partial charge in [0.25, 0.3) is 0 Å². The van der Waals surface area contributed by atoms with E-state index in [0.717, 1.165) is 10.4 Å². The molecule has 0 aliphatic carbocycles. The SMILES string of the molecule is O=C(O)c1ccccc1C(=O)c1ccc(-c2cccnc2)s1. The first-order valence-electron chi connectivity index (χ1n) is 6.54. The lowest BCUT2D eigenvalue weighted by atomic mass is 10.0. The number of benzene rings is 1. The highest BCUT2D eigenvalue weighted by atomic mass is 32.1. The third-order valence-corrected chi connectivity index (χ3v) is 4.31. The Kier molecular flexibility index (Phi) is 3.80. The van der Waals surface area contributed by atoms with Gasteiger partial charge in [0, 0.05) is 28.4 Å². The molecular formula is C17H11NO3S. The van der Waals surface area contributed by atoms with Crippen molar-refractivity contribution in [3.8, 4) is 10.4 Å². The van der Waals surface area contributed by atoms with Crippen molar-refractivity contribution in [1.82, 2.24) is 4.98 Å². The molecule has 3 aromatic rings. The molecule has 108 valence electrons. The molecule has 0 unspecified atom stereocenters. The number of hydrogen-bond donors (Lipinski definition) is 1. The third kappa shape index (κ3) is 2.66. The highest BCUT2D eigenvalue weighted by molar-refractivity contribution is 7.17. The number of pyridine rings is 1. The summed E-state index contributed by atoms with van der Waals surface area (Å²) in [4.78, 5) is 29.3. The molecule has 0 bridgehead atoms. The molecular weight excluding hydrogens is 298 g/mol. The molecule has 0 aliphatic heterocycles. The number of aromatic nitrogens is 1. The number of hydrogen-bond acceptors (Lipinski definition) is 4. The zero-order chi connectivity index (χ0) is 15.5. The van der Waals surface area contributed by atoms with Crippen molar-refractivity contribution in [1.29, 1.82) is 0 Å². The van der Waals surface area contributed by atoms with Crippen LogP contribution in [0.3, 0.4) is 0 Å². The van der Waals surface area contributed by atoms with E-state index in [9.17, 15) is 14.7 Å². The van der Waals surface area contributed by atoms with Gasteiger partial charge in [-0.3, -0.25) is 9.78 Å². The molecule has 0 radical (unpaired) electrons. The van der Waals surface area contributed by atoms with Crippen LogP contribution in [0.2, 0.25) is 0 Å². The molecule has 0 atom stereocenters. The summed E-state index contributed by atoms with van der Waals surface area (Å²) in [6.45, 7) is 0.